The Bertz CT molecular complexity index is 121. The van der Waals surface area contributed by atoms with E-state index >= 15 is 0 Å². The zero-order valence-electron chi connectivity index (χ0n) is 7.76. The summed E-state index contributed by atoms with van der Waals surface area (Å²) < 4.78 is 5.24. The van der Waals surface area contributed by atoms with E-state index < -0.39 is 0 Å². The number of ether oxygens (including phenoxy) is 1. The quantitative estimate of drug-likeness (QED) is 0.616. The lowest BCUT2D eigenvalue weighted by Crippen LogP contribution is -2.33. The monoisotopic (exact) mass is 157 g/mol. The second-order valence-electron chi connectivity index (χ2n) is 3.45. The van der Waals surface area contributed by atoms with Crippen molar-refractivity contribution in [3.8, 4) is 0 Å². The Labute approximate surface area is 69.4 Å². The topological polar surface area (TPSA) is 35.2 Å². The first kappa shape index (κ1) is 10.7. The molecule has 0 spiro atoms. The van der Waals surface area contributed by atoms with Crippen LogP contribution in [0.4, 0.5) is 0 Å². The highest BCUT2D eigenvalue weighted by Gasteiger charge is 2.19. The van der Waals surface area contributed by atoms with E-state index in [0.717, 1.165) is 12.8 Å². The fourth-order valence-corrected chi connectivity index (χ4v) is 1.01. The van der Waals surface area contributed by atoms with Gasteiger partial charge in [0.2, 0.25) is 0 Å². The first-order valence-corrected chi connectivity index (χ1v) is 3.93. The second-order valence-corrected chi connectivity index (χ2v) is 3.45. The molecule has 2 nitrogen and oxygen atoms in total. The van der Waals surface area contributed by atoms with Crippen molar-refractivity contribution < 1.29 is 4.74 Å². The summed E-state index contributed by atoms with van der Waals surface area (Å²) in [5.74, 6) is 0. The molecular weight excluding hydrogens is 138 g/mol. The molecule has 0 saturated heterocycles. The van der Waals surface area contributed by atoms with Gasteiger partial charge in [0.25, 0.3) is 0 Å². The molecule has 2 N–H and O–H groups in total. The summed E-state index contributed by atoms with van der Waals surface area (Å²) in [5, 5.41) is 0. The molecule has 0 aliphatic rings. The Kier molecular flexibility index (Phi) is 4.38. The van der Waals surface area contributed by atoms with Crippen molar-refractivity contribution in [3.63, 3.8) is 0 Å². The van der Waals surface area contributed by atoms with Gasteiger partial charge < -0.3 is 10.5 Å². The Balaban J connectivity index is 3.72. The van der Waals surface area contributed by atoms with Gasteiger partial charge in [-0.05, 0) is 26.7 Å². The van der Waals surface area contributed by atoms with E-state index in [0.29, 0.717) is 0 Å². The lowest BCUT2D eigenvalue weighted by Gasteiger charge is -2.25. The lowest BCUT2D eigenvalue weighted by atomic mass is 9.97. The number of methoxy groups -OCH3 is 1. The molecule has 0 fully saturated rings. The molecule has 0 aliphatic heterocycles. The molecule has 66 valence electrons. The Morgan fingerprint density at radius 3 is 2.55 bits per heavy atom. The van der Waals surface area contributed by atoms with Gasteiger partial charge in [0, 0.05) is 13.2 Å². The van der Waals surface area contributed by atoms with Crippen molar-refractivity contribution in [2.45, 2.75) is 38.3 Å². The van der Waals surface area contributed by atoms with Crippen LogP contribution in [0.25, 0.3) is 0 Å². The van der Waals surface area contributed by atoms with E-state index in [2.05, 4.69) is 6.58 Å². The number of hydrogen-bond donors (Lipinski definition) is 1. The summed E-state index contributed by atoms with van der Waals surface area (Å²) in [5.41, 5.74) is 5.69. The Hall–Kier alpha value is -0.340. The van der Waals surface area contributed by atoms with E-state index in [9.17, 15) is 0 Å². The third kappa shape index (κ3) is 4.99. The largest absolute Gasteiger partial charge is 0.379 e. The van der Waals surface area contributed by atoms with Crippen LogP contribution in [0.15, 0.2) is 12.7 Å². The van der Waals surface area contributed by atoms with Gasteiger partial charge in [-0.1, -0.05) is 6.08 Å². The molecular formula is C9H19NO. The molecule has 0 aliphatic carbocycles. The fourth-order valence-electron chi connectivity index (χ4n) is 1.01. The summed E-state index contributed by atoms with van der Waals surface area (Å²) in [6, 6.07) is 0.169. The van der Waals surface area contributed by atoms with Crippen LogP contribution in [0.3, 0.4) is 0 Å². The van der Waals surface area contributed by atoms with Crippen LogP contribution in [0.5, 0.6) is 0 Å². The first-order chi connectivity index (χ1) is 5.02. The van der Waals surface area contributed by atoms with Crippen molar-refractivity contribution in [2.24, 2.45) is 5.73 Å². The van der Waals surface area contributed by atoms with Crippen LogP contribution in [0, 0.1) is 0 Å². The van der Waals surface area contributed by atoms with Gasteiger partial charge in [-0.2, -0.15) is 0 Å². The summed E-state index contributed by atoms with van der Waals surface area (Å²) in [4.78, 5) is 0. The molecule has 0 saturated carbocycles. The summed E-state index contributed by atoms with van der Waals surface area (Å²) >= 11 is 0. The molecule has 0 radical (unpaired) electrons. The van der Waals surface area contributed by atoms with Crippen molar-refractivity contribution in [3.05, 3.63) is 12.7 Å². The zero-order chi connectivity index (χ0) is 8.91. The van der Waals surface area contributed by atoms with E-state index in [-0.39, 0.29) is 11.6 Å². The van der Waals surface area contributed by atoms with Gasteiger partial charge in [-0.3, -0.25) is 0 Å². The molecule has 0 bridgehead atoms. The van der Waals surface area contributed by atoms with E-state index in [4.69, 9.17) is 10.5 Å². The molecule has 2 heteroatoms. The average molecular weight is 157 g/mol. The maximum absolute atomic E-state index is 5.79. The van der Waals surface area contributed by atoms with Crippen LogP contribution in [-0.4, -0.2) is 18.8 Å². The molecule has 0 aromatic rings. The number of rotatable bonds is 5. The highest BCUT2D eigenvalue weighted by atomic mass is 16.5. The van der Waals surface area contributed by atoms with Crippen LogP contribution in [-0.2, 0) is 4.74 Å². The molecule has 0 aromatic carbocycles. The zero-order valence-corrected chi connectivity index (χ0v) is 7.76. The van der Waals surface area contributed by atoms with E-state index in [1.54, 1.807) is 7.11 Å². The van der Waals surface area contributed by atoms with Gasteiger partial charge in [0.15, 0.2) is 0 Å². The number of nitrogens with two attached hydrogens (primary N) is 1. The lowest BCUT2D eigenvalue weighted by molar-refractivity contribution is 0.0104. The van der Waals surface area contributed by atoms with E-state index in [1.807, 2.05) is 19.9 Å². The highest BCUT2D eigenvalue weighted by molar-refractivity contribution is 4.81. The van der Waals surface area contributed by atoms with Crippen LogP contribution < -0.4 is 5.73 Å². The predicted molar refractivity (Wildman–Crippen MR) is 48.5 cm³/mol. The molecule has 0 aromatic heterocycles. The minimum atomic E-state index is -0.109. The Morgan fingerprint density at radius 1 is 1.64 bits per heavy atom. The van der Waals surface area contributed by atoms with Gasteiger partial charge in [0.05, 0.1) is 5.60 Å². The average Bonchev–Trinajstić information content (AvgIpc) is 1.87. The predicted octanol–water partition coefficient (Wildman–Crippen LogP) is 1.70. The van der Waals surface area contributed by atoms with Gasteiger partial charge in [-0.15, -0.1) is 6.58 Å². The highest BCUT2D eigenvalue weighted by Crippen LogP contribution is 2.15. The smallest absolute Gasteiger partial charge is 0.0637 e. The number of hydrogen-bond acceptors (Lipinski definition) is 2. The molecule has 11 heavy (non-hydrogen) atoms. The molecule has 0 amide bonds. The van der Waals surface area contributed by atoms with Crippen LogP contribution in [0.1, 0.15) is 26.7 Å². The van der Waals surface area contributed by atoms with Crippen molar-refractivity contribution >= 4 is 0 Å². The molecule has 0 heterocycles. The fraction of sp³-hybridized carbons (Fsp3) is 0.778. The van der Waals surface area contributed by atoms with Crippen molar-refractivity contribution in [1.29, 1.82) is 0 Å². The minimum Gasteiger partial charge on any atom is -0.379 e. The third-order valence-corrected chi connectivity index (χ3v) is 1.78. The minimum absolute atomic E-state index is 0.109. The van der Waals surface area contributed by atoms with Gasteiger partial charge in [0.1, 0.15) is 0 Å². The van der Waals surface area contributed by atoms with Gasteiger partial charge in [-0.25, -0.2) is 0 Å². The Morgan fingerprint density at radius 2 is 2.18 bits per heavy atom. The molecule has 1 atom stereocenters. The normalized spacial score (nSPS) is 14.5. The molecule has 0 rings (SSSR count). The maximum Gasteiger partial charge on any atom is 0.0637 e. The van der Waals surface area contributed by atoms with Gasteiger partial charge >= 0.3 is 0 Å². The summed E-state index contributed by atoms with van der Waals surface area (Å²) in [6.07, 6.45) is 3.57. The summed E-state index contributed by atoms with van der Waals surface area (Å²) in [7, 11) is 1.71. The first-order valence-electron chi connectivity index (χ1n) is 3.93. The van der Waals surface area contributed by atoms with Crippen LogP contribution >= 0.6 is 0 Å². The third-order valence-electron chi connectivity index (χ3n) is 1.78. The second kappa shape index (κ2) is 4.52. The maximum atomic E-state index is 5.79. The standard InChI is InChI=1S/C9H19NO/c1-5-6-8(10)7-9(2,3)11-4/h5,8H,1,6-7,10H2,2-4H3. The van der Waals surface area contributed by atoms with Crippen molar-refractivity contribution in [2.75, 3.05) is 7.11 Å². The van der Waals surface area contributed by atoms with Crippen molar-refractivity contribution in [1.82, 2.24) is 0 Å². The van der Waals surface area contributed by atoms with E-state index in [1.165, 1.54) is 0 Å². The molecule has 1 unspecified atom stereocenters. The summed E-state index contributed by atoms with van der Waals surface area (Å²) in [6.45, 7) is 7.71. The SMILES string of the molecule is C=CCC(N)CC(C)(C)OC. The van der Waals surface area contributed by atoms with Crippen LogP contribution in [0.2, 0.25) is 0 Å².